The van der Waals surface area contributed by atoms with E-state index in [9.17, 15) is 14.9 Å². The normalized spacial score (nSPS) is 10.4. The van der Waals surface area contributed by atoms with Crippen molar-refractivity contribution in [3.8, 4) is 28.6 Å². The van der Waals surface area contributed by atoms with Crippen molar-refractivity contribution in [3.63, 3.8) is 0 Å². The summed E-state index contributed by atoms with van der Waals surface area (Å²) < 4.78 is 15.8. The monoisotopic (exact) mass is 413 g/mol. The number of aromatic nitrogens is 3. The molecular formula is C19H19N5O6. The summed E-state index contributed by atoms with van der Waals surface area (Å²) in [7, 11) is 2.88. The summed E-state index contributed by atoms with van der Waals surface area (Å²) >= 11 is 0. The van der Waals surface area contributed by atoms with Gasteiger partial charge in [-0.2, -0.15) is 4.98 Å². The van der Waals surface area contributed by atoms with Gasteiger partial charge in [0, 0.05) is 6.07 Å². The quantitative estimate of drug-likeness (QED) is 0.424. The Morgan fingerprint density at radius 3 is 2.57 bits per heavy atom. The number of amides is 1. The lowest BCUT2D eigenvalue weighted by atomic mass is 10.1. The van der Waals surface area contributed by atoms with Crippen LogP contribution in [0.2, 0.25) is 0 Å². The molecule has 2 aromatic carbocycles. The van der Waals surface area contributed by atoms with Crippen LogP contribution in [0.15, 0.2) is 36.4 Å². The Morgan fingerprint density at radius 2 is 1.90 bits per heavy atom. The van der Waals surface area contributed by atoms with Gasteiger partial charge in [-0.05, 0) is 19.1 Å². The first-order valence-corrected chi connectivity index (χ1v) is 8.84. The van der Waals surface area contributed by atoms with Crippen LogP contribution in [0.5, 0.6) is 17.2 Å². The Morgan fingerprint density at radius 1 is 1.17 bits per heavy atom. The number of nitro groups is 1. The molecule has 11 nitrogen and oxygen atoms in total. The van der Waals surface area contributed by atoms with Crippen LogP contribution in [0.4, 0.5) is 11.6 Å². The largest absolute Gasteiger partial charge is 0.496 e. The average molecular weight is 413 g/mol. The average Bonchev–Trinajstić information content (AvgIpc) is 3.21. The van der Waals surface area contributed by atoms with Crippen LogP contribution in [-0.2, 0) is 0 Å². The van der Waals surface area contributed by atoms with Crippen molar-refractivity contribution in [1.82, 2.24) is 15.2 Å². The van der Waals surface area contributed by atoms with E-state index in [1.807, 2.05) is 0 Å². The lowest BCUT2D eigenvalue weighted by Gasteiger charge is -2.11. The number of aromatic amines is 1. The second-order valence-electron chi connectivity index (χ2n) is 5.87. The van der Waals surface area contributed by atoms with Crippen molar-refractivity contribution in [2.24, 2.45) is 0 Å². The molecule has 0 aliphatic rings. The standard InChI is InChI=1S/C19H19N5O6/c1-4-30-16-9-12(13(24(26)27)10-15(16)29-3)18(25)21-19-20-17(22-23-19)11-7-5-6-8-14(11)28-2/h5-10H,4H2,1-3H3,(H2,20,21,22,23,25). The van der Waals surface area contributed by atoms with Gasteiger partial charge in [0.25, 0.3) is 11.6 Å². The van der Waals surface area contributed by atoms with E-state index in [0.717, 1.165) is 6.07 Å². The number of hydrogen-bond acceptors (Lipinski definition) is 8. The summed E-state index contributed by atoms with van der Waals surface area (Å²) in [5, 5.41) is 20.6. The maximum atomic E-state index is 12.7. The number of nitrogens with zero attached hydrogens (tertiary/aromatic N) is 3. The van der Waals surface area contributed by atoms with Gasteiger partial charge in [0.05, 0.1) is 37.4 Å². The van der Waals surface area contributed by atoms with E-state index in [0.29, 0.717) is 23.7 Å². The number of para-hydroxylation sites is 1. The number of rotatable bonds is 8. The fourth-order valence-electron chi connectivity index (χ4n) is 2.76. The molecule has 1 heterocycles. The molecule has 0 unspecified atom stereocenters. The number of carbonyl (C=O) groups excluding carboxylic acids is 1. The van der Waals surface area contributed by atoms with Crippen molar-refractivity contribution in [1.29, 1.82) is 0 Å². The molecule has 0 saturated heterocycles. The Kier molecular flexibility index (Phi) is 6.11. The minimum Gasteiger partial charge on any atom is -0.496 e. The minimum atomic E-state index is -0.768. The van der Waals surface area contributed by atoms with Crippen molar-refractivity contribution >= 4 is 17.5 Å². The third kappa shape index (κ3) is 4.14. The van der Waals surface area contributed by atoms with E-state index in [2.05, 4.69) is 20.5 Å². The number of hydrogen-bond donors (Lipinski definition) is 2. The summed E-state index contributed by atoms with van der Waals surface area (Å²) in [5.41, 5.74) is -0.0109. The van der Waals surface area contributed by atoms with Crippen LogP contribution in [-0.4, -0.2) is 46.8 Å². The molecule has 3 rings (SSSR count). The van der Waals surface area contributed by atoms with Crippen LogP contribution in [0.25, 0.3) is 11.4 Å². The van der Waals surface area contributed by atoms with Crippen LogP contribution in [0.1, 0.15) is 17.3 Å². The molecule has 0 saturated carbocycles. The van der Waals surface area contributed by atoms with Crippen LogP contribution >= 0.6 is 0 Å². The molecule has 0 aliphatic carbocycles. The molecule has 0 spiro atoms. The summed E-state index contributed by atoms with van der Waals surface area (Å²) in [6.45, 7) is 2.03. The van der Waals surface area contributed by atoms with E-state index in [1.54, 1.807) is 31.2 Å². The number of nitrogens with one attached hydrogen (secondary N) is 2. The fraction of sp³-hybridized carbons (Fsp3) is 0.211. The number of ether oxygens (including phenoxy) is 3. The first-order chi connectivity index (χ1) is 14.5. The summed E-state index contributed by atoms with van der Waals surface area (Å²) in [4.78, 5) is 27.7. The van der Waals surface area contributed by atoms with Crippen LogP contribution in [0, 0.1) is 10.1 Å². The van der Waals surface area contributed by atoms with Gasteiger partial charge in [-0.1, -0.05) is 12.1 Å². The second-order valence-corrected chi connectivity index (χ2v) is 5.87. The van der Waals surface area contributed by atoms with Crippen molar-refractivity contribution in [2.75, 3.05) is 26.1 Å². The number of methoxy groups -OCH3 is 2. The zero-order chi connectivity index (χ0) is 21.7. The third-order valence-corrected chi connectivity index (χ3v) is 4.10. The maximum Gasteiger partial charge on any atom is 0.286 e. The number of H-pyrrole nitrogens is 1. The topological polar surface area (TPSA) is 142 Å². The Labute approximate surface area is 171 Å². The van der Waals surface area contributed by atoms with Gasteiger partial charge >= 0.3 is 0 Å². The van der Waals surface area contributed by atoms with Gasteiger partial charge in [0.1, 0.15) is 11.3 Å². The highest BCUT2D eigenvalue weighted by Crippen LogP contribution is 2.35. The lowest BCUT2D eigenvalue weighted by molar-refractivity contribution is -0.385. The number of benzene rings is 2. The molecule has 2 N–H and O–H groups in total. The van der Waals surface area contributed by atoms with E-state index < -0.39 is 16.5 Å². The second kappa shape index (κ2) is 8.90. The van der Waals surface area contributed by atoms with Gasteiger partial charge < -0.3 is 14.2 Å². The highest BCUT2D eigenvalue weighted by atomic mass is 16.6. The highest BCUT2D eigenvalue weighted by Gasteiger charge is 2.25. The SMILES string of the molecule is CCOc1cc(C(=O)Nc2n[nH]c(-c3ccccc3OC)n2)c([N+](=O)[O-])cc1OC. The van der Waals surface area contributed by atoms with E-state index >= 15 is 0 Å². The summed E-state index contributed by atoms with van der Waals surface area (Å²) in [6, 6.07) is 9.52. The molecule has 1 amide bonds. The first-order valence-electron chi connectivity index (χ1n) is 8.84. The number of carbonyl (C=O) groups is 1. The van der Waals surface area contributed by atoms with Crippen molar-refractivity contribution < 1.29 is 23.9 Å². The van der Waals surface area contributed by atoms with Crippen LogP contribution in [0.3, 0.4) is 0 Å². The minimum absolute atomic E-state index is 0.0519. The molecule has 30 heavy (non-hydrogen) atoms. The molecule has 156 valence electrons. The van der Waals surface area contributed by atoms with Crippen molar-refractivity contribution in [3.05, 3.63) is 52.1 Å². The summed E-state index contributed by atoms with van der Waals surface area (Å²) in [5.74, 6) is 0.470. The lowest BCUT2D eigenvalue weighted by Crippen LogP contribution is -2.15. The molecule has 11 heteroatoms. The molecule has 0 radical (unpaired) electrons. The molecular weight excluding hydrogens is 394 g/mol. The Bertz CT molecular complexity index is 1080. The maximum absolute atomic E-state index is 12.7. The summed E-state index contributed by atoms with van der Waals surface area (Å²) in [6.07, 6.45) is 0. The number of nitro benzene ring substituents is 1. The van der Waals surface area contributed by atoms with Gasteiger partial charge in [0.15, 0.2) is 17.3 Å². The molecule has 0 atom stereocenters. The van der Waals surface area contributed by atoms with E-state index in [1.165, 1.54) is 20.3 Å². The predicted octanol–water partition coefficient (Wildman–Crippen LogP) is 3.05. The van der Waals surface area contributed by atoms with E-state index in [-0.39, 0.29) is 23.0 Å². The third-order valence-electron chi connectivity index (χ3n) is 4.10. The molecule has 0 aliphatic heterocycles. The smallest absolute Gasteiger partial charge is 0.286 e. The Balaban J connectivity index is 1.92. The number of anilines is 1. The Hall–Kier alpha value is -4.15. The first kappa shape index (κ1) is 20.6. The highest BCUT2D eigenvalue weighted by molar-refractivity contribution is 6.06. The predicted molar refractivity (Wildman–Crippen MR) is 107 cm³/mol. The van der Waals surface area contributed by atoms with Gasteiger partial charge in [-0.25, -0.2) is 0 Å². The fourth-order valence-corrected chi connectivity index (χ4v) is 2.76. The zero-order valence-corrected chi connectivity index (χ0v) is 16.5. The van der Waals surface area contributed by atoms with Crippen LogP contribution < -0.4 is 19.5 Å². The van der Waals surface area contributed by atoms with Gasteiger partial charge in [-0.15, -0.1) is 5.10 Å². The zero-order valence-electron chi connectivity index (χ0n) is 16.5. The molecule has 0 fully saturated rings. The van der Waals surface area contributed by atoms with Gasteiger partial charge in [-0.3, -0.25) is 25.3 Å². The van der Waals surface area contributed by atoms with E-state index in [4.69, 9.17) is 14.2 Å². The van der Waals surface area contributed by atoms with Crippen molar-refractivity contribution in [2.45, 2.75) is 6.92 Å². The van der Waals surface area contributed by atoms with Gasteiger partial charge in [0.2, 0.25) is 5.95 Å². The molecule has 0 bridgehead atoms. The molecule has 1 aromatic heterocycles. The molecule has 3 aromatic rings.